The molecule has 0 aromatic carbocycles. The lowest BCUT2D eigenvalue weighted by Gasteiger charge is -2.03. The number of H-pyrrole nitrogens is 3. The number of hydrogen-bond donors (Lipinski definition) is 3. The second-order valence-electron chi connectivity index (χ2n) is 8.64. The van der Waals surface area contributed by atoms with Crippen molar-refractivity contribution in [3.05, 3.63) is 107 Å². The van der Waals surface area contributed by atoms with Gasteiger partial charge in [0, 0.05) is 34.8 Å². The van der Waals surface area contributed by atoms with Gasteiger partial charge in [-0.2, -0.15) is 5.10 Å². The Kier molecular flexibility index (Phi) is 11.9. The van der Waals surface area contributed by atoms with Crippen LogP contribution in [0.1, 0.15) is 47.6 Å². The fraction of sp³-hybridized carbons (Fsp3) is 0.333. The van der Waals surface area contributed by atoms with E-state index in [1.165, 1.54) is 0 Å². The van der Waals surface area contributed by atoms with Crippen molar-refractivity contribution in [2.45, 2.75) is 55.4 Å². The number of nitrogens with zero attached hydrogens (tertiary/aromatic N) is 2. The highest BCUT2D eigenvalue weighted by atomic mass is 16.1. The molecule has 36 heavy (non-hydrogen) atoms. The minimum absolute atomic E-state index is 0.0208. The molecule has 4 heterocycles. The zero-order valence-electron chi connectivity index (χ0n) is 22.2. The van der Waals surface area contributed by atoms with Gasteiger partial charge in [0.15, 0.2) is 5.78 Å². The van der Waals surface area contributed by atoms with Gasteiger partial charge in [-0.25, -0.2) is 5.10 Å². The van der Waals surface area contributed by atoms with Gasteiger partial charge in [0.1, 0.15) is 6.54 Å². The summed E-state index contributed by atoms with van der Waals surface area (Å²) in [6.45, 7) is 15.2. The van der Waals surface area contributed by atoms with Gasteiger partial charge < -0.3 is 9.97 Å². The minimum atomic E-state index is -0.111. The fourth-order valence-electron chi connectivity index (χ4n) is 3.11. The summed E-state index contributed by atoms with van der Waals surface area (Å²) >= 11 is 0. The van der Waals surface area contributed by atoms with Crippen LogP contribution in [0, 0.1) is 41.5 Å². The Balaban J connectivity index is 0.000000240. The topological polar surface area (TPSA) is 141 Å². The highest BCUT2D eigenvalue weighted by Gasteiger charge is 2.07. The first-order valence-electron chi connectivity index (χ1n) is 11.4. The van der Waals surface area contributed by atoms with Gasteiger partial charge in [0.25, 0.3) is 5.56 Å². The number of nitrogens with one attached hydrogen (secondary N) is 3. The zero-order valence-corrected chi connectivity index (χ0v) is 22.2. The van der Waals surface area contributed by atoms with Crippen LogP contribution >= 0.6 is 0 Å². The average Bonchev–Trinajstić information content (AvgIpc) is 2.73. The number of dihydropyridines is 1. The number of aromatic nitrogens is 4. The fourth-order valence-corrected chi connectivity index (χ4v) is 3.11. The van der Waals surface area contributed by atoms with Crippen LogP contribution in [0.2, 0.25) is 0 Å². The van der Waals surface area contributed by atoms with Crippen molar-refractivity contribution in [3.63, 3.8) is 0 Å². The molecule has 0 amide bonds. The number of carbonyl (C=O) groups excluding carboxylic acids is 1. The molecule has 3 N–H and O–H groups in total. The number of allylic oxidation sites excluding steroid dienone is 1. The molecule has 3 aromatic rings. The molecule has 0 saturated heterocycles. The van der Waals surface area contributed by atoms with Crippen LogP contribution in [0.3, 0.4) is 0 Å². The number of aliphatic imine (C=N–C) groups is 1. The molecule has 1 aliphatic rings. The molecule has 9 nitrogen and oxygen atoms in total. The van der Waals surface area contributed by atoms with E-state index in [-0.39, 0.29) is 22.5 Å². The maximum atomic E-state index is 10.8. The molecule has 0 aliphatic carbocycles. The quantitative estimate of drug-likeness (QED) is 0.440. The van der Waals surface area contributed by atoms with Crippen molar-refractivity contribution >= 4 is 11.5 Å². The van der Waals surface area contributed by atoms with Gasteiger partial charge in [0.2, 0.25) is 11.1 Å². The molecule has 9 heteroatoms. The maximum Gasteiger partial charge on any atom is 0.267 e. The van der Waals surface area contributed by atoms with Gasteiger partial charge in [0.05, 0.1) is 5.69 Å². The monoisotopic (exact) mass is 493 g/mol. The molecule has 0 unspecified atom stereocenters. The predicted octanol–water partition coefficient (Wildman–Crippen LogP) is 3.35. The van der Waals surface area contributed by atoms with Crippen LogP contribution in [-0.2, 0) is 4.79 Å². The molecule has 0 radical (unpaired) electrons. The van der Waals surface area contributed by atoms with Gasteiger partial charge in [-0.1, -0.05) is 0 Å². The van der Waals surface area contributed by atoms with Gasteiger partial charge in [-0.05, 0) is 96.4 Å². The van der Waals surface area contributed by atoms with Crippen molar-refractivity contribution in [3.8, 4) is 0 Å². The minimum Gasteiger partial charge on any atom is -0.327 e. The van der Waals surface area contributed by atoms with E-state index in [0.717, 1.165) is 39.5 Å². The van der Waals surface area contributed by atoms with Crippen molar-refractivity contribution in [1.82, 2.24) is 20.2 Å². The number of ketones is 1. The molecule has 4 rings (SSSR count). The molecular weight excluding hydrogens is 458 g/mol. The van der Waals surface area contributed by atoms with Crippen molar-refractivity contribution in [1.29, 1.82) is 0 Å². The lowest BCUT2D eigenvalue weighted by atomic mass is 10.1. The Hall–Kier alpha value is -4.14. The summed E-state index contributed by atoms with van der Waals surface area (Å²) in [6, 6.07) is 8.77. The summed E-state index contributed by atoms with van der Waals surface area (Å²) < 4.78 is 0. The first kappa shape index (κ1) is 29.9. The third kappa shape index (κ3) is 11.8. The van der Waals surface area contributed by atoms with E-state index < -0.39 is 0 Å². The largest absolute Gasteiger partial charge is 0.327 e. The average molecular weight is 494 g/mol. The third-order valence-electron chi connectivity index (χ3n) is 4.70. The van der Waals surface area contributed by atoms with E-state index >= 15 is 0 Å². The van der Waals surface area contributed by atoms with Crippen molar-refractivity contribution in [2.24, 2.45) is 4.99 Å². The van der Waals surface area contributed by atoms with Crippen LogP contribution in [0.5, 0.6) is 0 Å². The Morgan fingerprint density at radius 2 is 1.19 bits per heavy atom. The van der Waals surface area contributed by atoms with E-state index in [1.807, 2.05) is 66.7 Å². The third-order valence-corrected chi connectivity index (χ3v) is 4.70. The van der Waals surface area contributed by atoms with Crippen molar-refractivity contribution in [2.75, 3.05) is 6.54 Å². The highest BCUT2D eigenvalue weighted by Crippen LogP contribution is 2.02. The van der Waals surface area contributed by atoms with Gasteiger partial charge in [-0.3, -0.25) is 24.2 Å². The second kappa shape index (κ2) is 14.3. The number of hydrogen-bond acceptors (Lipinski definition) is 6. The highest BCUT2D eigenvalue weighted by molar-refractivity contribution is 6.08. The molecule has 0 spiro atoms. The van der Waals surface area contributed by atoms with Crippen molar-refractivity contribution < 1.29 is 4.79 Å². The van der Waals surface area contributed by atoms with E-state index in [9.17, 15) is 19.2 Å². The Labute approximate surface area is 210 Å². The molecule has 0 fully saturated rings. The molecule has 0 atom stereocenters. The molecule has 0 bridgehead atoms. The van der Waals surface area contributed by atoms with E-state index in [0.29, 0.717) is 12.1 Å². The number of Topliss-reactive ketones (excluding diaryl/α,β-unsaturated/α-hetero) is 1. The number of aromatic amines is 3. The SMILES string of the molecule is CC1=CC(C)=NCC1=O.Cc1cc(C)[nH]c(=O)c1.Cc1cc(C)[nH]c(=O)c1.Cc1cc(C)c(=O)[nH]n1. The summed E-state index contributed by atoms with van der Waals surface area (Å²) in [5, 5.41) is 6.06. The molecule has 1 aliphatic heterocycles. The van der Waals surface area contributed by atoms with E-state index in [4.69, 9.17) is 0 Å². The van der Waals surface area contributed by atoms with Gasteiger partial charge in [-0.15, -0.1) is 0 Å². The summed E-state index contributed by atoms with van der Waals surface area (Å²) in [7, 11) is 0. The predicted molar refractivity (Wildman–Crippen MR) is 144 cm³/mol. The van der Waals surface area contributed by atoms with E-state index in [2.05, 4.69) is 25.2 Å². The van der Waals surface area contributed by atoms with Gasteiger partial charge >= 0.3 is 0 Å². The summed E-state index contributed by atoms with van der Waals surface area (Å²) in [4.78, 5) is 52.0. The van der Waals surface area contributed by atoms with E-state index in [1.54, 1.807) is 25.1 Å². The van der Waals surface area contributed by atoms with Crippen LogP contribution in [-0.4, -0.2) is 38.2 Å². The van der Waals surface area contributed by atoms with Crippen LogP contribution in [0.25, 0.3) is 0 Å². The summed E-state index contributed by atoms with van der Waals surface area (Å²) in [5.41, 5.74) is 7.03. The van der Waals surface area contributed by atoms with Crippen LogP contribution < -0.4 is 16.7 Å². The molecule has 3 aromatic heterocycles. The Morgan fingerprint density at radius 3 is 1.53 bits per heavy atom. The lowest BCUT2D eigenvalue weighted by molar-refractivity contribution is -0.114. The molecular formula is C27H35N5O4. The van der Waals surface area contributed by atoms with Crippen LogP contribution in [0.4, 0.5) is 0 Å². The first-order valence-corrected chi connectivity index (χ1v) is 11.4. The first-order chi connectivity index (χ1) is 16.8. The second-order valence-corrected chi connectivity index (χ2v) is 8.64. The van der Waals surface area contributed by atoms with Crippen LogP contribution in [0.15, 0.2) is 61.4 Å². The standard InChI is InChI=1S/3C7H9NO.C6H8N2O/c1-5-3-6(2)8-4-7(5)9;2*1-5-3-6(2)8-7(9)4-5;1-4-3-5(2)7-8-6(4)9/h3H,4H2,1-2H3;2*3-4H,1-2H3,(H,8,9);3H,1-2H3,(H,8,9). The normalized spacial score (nSPS) is 11.9. The molecule has 192 valence electrons. The smallest absolute Gasteiger partial charge is 0.267 e. The number of rotatable bonds is 0. The summed E-state index contributed by atoms with van der Waals surface area (Å²) in [5.74, 6) is 0.139. The maximum absolute atomic E-state index is 10.8. The lowest BCUT2D eigenvalue weighted by Crippen LogP contribution is -2.11. The number of carbonyl (C=O) groups is 1. The Bertz CT molecular complexity index is 1320. The number of pyridine rings is 2. The number of aryl methyl sites for hydroxylation is 6. The zero-order chi connectivity index (χ0) is 27.4. The Morgan fingerprint density at radius 1 is 0.694 bits per heavy atom. The summed E-state index contributed by atoms with van der Waals surface area (Å²) in [6.07, 6.45) is 1.81. The molecule has 0 saturated carbocycles.